The van der Waals surface area contributed by atoms with E-state index in [4.69, 9.17) is 23.4 Å². The standard InChI is InChI=1S/C18H15P.C17H16N2O3S.C10H10N2O3S.C7H8O.C4H8O.4CH4/c1-4-10-16(11-5-1)19(17-12-6-2-7-13-17)18-14-8-3-9-15-18;1-3-12-9-13(20)22-16-14(12)15(18-17(19-16)23-2)21-10-11-7-5-4-6-8-11;1-3-5-4-6(13)15-9-7(5)8(14)11-10(12-9)16-2;8-6-7-4-2-1-3-5-7;1-2-4-5-3-1;;;;/h1-15H;4-9H,3,10H2,1-2H3;4H,3H2,1-2H3,(H,11,12,14);1-5,8H,6H2;1-4H2;4*1H4. The van der Waals surface area contributed by atoms with Gasteiger partial charge in [-0.3, -0.25) is 4.79 Å². The van der Waals surface area contributed by atoms with E-state index < -0.39 is 19.2 Å². The molecule has 1 aliphatic rings. The average molecular weight is 1070 g/mol. The van der Waals surface area contributed by atoms with Crippen LogP contribution in [0, 0.1) is 0 Å². The second-order valence-corrected chi connectivity index (χ2v) is 19.2. The predicted molar refractivity (Wildman–Crippen MR) is 317 cm³/mol. The highest BCUT2D eigenvalue weighted by atomic mass is 32.2. The Hall–Kier alpha value is -6.67. The quantitative estimate of drug-likeness (QED) is 0.0713. The number of fused-ring (bicyclic) bond motifs is 2. The molecule has 0 bridgehead atoms. The number of aliphatic hydroxyl groups is 1. The van der Waals surface area contributed by atoms with Crippen LogP contribution < -0.4 is 37.5 Å². The van der Waals surface area contributed by atoms with E-state index in [1.54, 1.807) is 6.26 Å². The third-order valence-corrected chi connectivity index (χ3v) is 14.1. The van der Waals surface area contributed by atoms with E-state index in [-0.39, 0.29) is 53.3 Å². The van der Waals surface area contributed by atoms with E-state index in [0.717, 1.165) is 29.9 Å². The van der Waals surface area contributed by atoms with E-state index in [2.05, 4.69) is 111 Å². The third-order valence-electron chi connectivity index (χ3n) is 10.6. The highest BCUT2D eigenvalue weighted by Gasteiger charge is 2.17. The number of rotatable bonds is 11. The Morgan fingerprint density at radius 3 is 1.39 bits per heavy atom. The van der Waals surface area contributed by atoms with Gasteiger partial charge >= 0.3 is 11.3 Å². The Morgan fingerprint density at radius 2 is 1.00 bits per heavy atom. The van der Waals surface area contributed by atoms with Crippen molar-refractivity contribution in [2.75, 3.05) is 25.7 Å². The second kappa shape index (κ2) is 34.7. The van der Waals surface area contributed by atoms with Crippen molar-refractivity contribution < 1.29 is 23.4 Å². The summed E-state index contributed by atoms with van der Waals surface area (Å²) < 4.78 is 21.0. The Morgan fingerprint density at radius 1 is 0.573 bits per heavy atom. The molecule has 1 fully saturated rings. The molecule has 15 heteroatoms. The summed E-state index contributed by atoms with van der Waals surface area (Å²) in [5.41, 5.74) is 2.72. The van der Waals surface area contributed by atoms with Crippen LogP contribution in [0.2, 0.25) is 0 Å². The summed E-state index contributed by atoms with van der Waals surface area (Å²) >= 11 is 2.66. The fraction of sp³-hybridized carbons (Fsp3) is 0.267. The molecular formula is C60H73N4O8PS2. The molecule has 398 valence electrons. The molecular weight excluding hydrogens is 1000 g/mol. The highest BCUT2D eigenvalue weighted by molar-refractivity contribution is 7.98. The molecule has 5 heterocycles. The van der Waals surface area contributed by atoms with Gasteiger partial charge < -0.3 is 28.4 Å². The number of thioether (sulfide) groups is 2. The van der Waals surface area contributed by atoms with Gasteiger partial charge in [0.15, 0.2) is 10.3 Å². The second-order valence-electron chi connectivity index (χ2n) is 15.4. The molecule has 10 rings (SSSR count). The number of hydrogen-bond donors (Lipinski definition) is 2. The molecule has 0 spiro atoms. The van der Waals surface area contributed by atoms with Crippen molar-refractivity contribution in [1.29, 1.82) is 0 Å². The lowest BCUT2D eigenvalue weighted by Gasteiger charge is -2.18. The molecule has 5 aromatic carbocycles. The van der Waals surface area contributed by atoms with Gasteiger partial charge in [0.25, 0.3) is 5.56 Å². The van der Waals surface area contributed by atoms with Gasteiger partial charge in [-0.25, -0.2) is 9.59 Å². The van der Waals surface area contributed by atoms with E-state index in [1.807, 2.05) is 80.8 Å². The zero-order chi connectivity index (χ0) is 50.2. The third kappa shape index (κ3) is 19.5. The summed E-state index contributed by atoms with van der Waals surface area (Å²) in [4.78, 5) is 50.1. The molecule has 1 saturated heterocycles. The molecule has 0 radical (unpaired) electrons. The van der Waals surface area contributed by atoms with Gasteiger partial charge in [0.2, 0.25) is 17.3 Å². The van der Waals surface area contributed by atoms with Crippen molar-refractivity contribution in [2.45, 2.75) is 92.8 Å². The number of H-pyrrole nitrogens is 1. The van der Waals surface area contributed by atoms with Crippen LogP contribution in [0.3, 0.4) is 0 Å². The Balaban J connectivity index is 0.000000338. The lowest BCUT2D eigenvalue weighted by Crippen LogP contribution is -2.20. The summed E-state index contributed by atoms with van der Waals surface area (Å²) in [6.45, 7) is 6.37. The Kier molecular flexibility index (Phi) is 29.9. The smallest absolute Gasteiger partial charge is 0.337 e. The van der Waals surface area contributed by atoms with Gasteiger partial charge in [-0.1, -0.05) is 219 Å². The summed E-state index contributed by atoms with van der Waals surface area (Å²) in [6, 6.07) is 54.5. The lowest BCUT2D eigenvalue weighted by molar-refractivity contribution is 0.198. The van der Waals surface area contributed by atoms with Crippen LogP contribution >= 0.6 is 31.4 Å². The number of aliphatic hydroxyl groups excluding tert-OH is 1. The van der Waals surface area contributed by atoms with Crippen molar-refractivity contribution in [2.24, 2.45) is 0 Å². The van der Waals surface area contributed by atoms with Crippen molar-refractivity contribution >= 4 is 69.6 Å². The first-order valence-corrected chi connectivity index (χ1v) is 26.9. The maximum absolute atomic E-state index is 11.8. The van der Waals surface area contributed by atoms with Crippen molar-refractivity contribution in [1.82, 2.24) is 19.9 Å². The van der Waals surface area contributed by atoms with Crippen LogP contribution in [0.15, 0.2) is 197 Å². The number of benzene rings is 5. The van der Waals surface area contributed by atoms with Crippen LogP contribution in [-0.4, -0.2) is 50.8 Å². The van der Waals surface area contributed by atoms with E-state index in [0.29, 0.717) is 52.0 Å². The first kappa shape index (κ1) is 64.4. The summed E-state index contributed by atoms with van der Waals surface area (Å²) in [5.74, 6) is 0.448. The molecule has 0 atom stereocenters. The average Bonchev–Trinajstić information content (AvgIpc) is 4.02. The number of nitrogens with one attached hydrogen (secondary N) is 1. The van der Waals surface area contributed by atoms with Gasteiger partial charge in [-0.2, -0.15) is 15.0 Å². The zero-order valence-electron chi connectivity index (χ0n) is 40.2. The van der Waals surface area contributed by atoms with Gasteiger partial charge in [-0.05, 0) is 84.3 Å². The summed E-state index contributed by atoms with van der Waals surface area (Å²) in [7, 11) is -0.446. The number of aryl methyl sites for hydroxylation is 2. The van der Waals surface area contributed by atoms with Crippen LogP contribution in [0.5, 0.6) is 5.88 Å². The zero-order valence-corrected chi connectivity index (χ0v) is 42.7. The van der Waals surface area contributed by atoms with E-state index in [9.17, 15) is 14.4 Å². The van der Waals surface area contributed by atoms with E-state index in [1.165, 1.54) is 64.4 Å². The van der Waals surface area contributed by atoms with Gasteiger partial charge in [0.05, 0.1) is 6.61 Å². The number of aromatic amines is 1. The molecule has 0 unspecified atom stereocenters. The maximum Gasteiger partial charge on any atom is 0.337 e. The molecule has 12 nitrogen and oxygen atoms in total. The number of hydrogen-bond acceptors (Lipinski definition) is 13. The molecule has 9 aromatic rings. The molecule has 0 aliphatic carbocycles. The Bertz CT molecular complexity index is 3080. The number of ether oxygens (including phenoxy) is 2. The minimum absolute atomic E-state index is 0. The molecule has 1 aliphatic heterocycles. The Labute approximate surface area is 452 Å². The molecule has 2 N–H and O–H groups in total. The van der Waals surface area contributed by atoms with Gasteiger partial charge in [0, 0.05) is 25.3 Å². The van der Waals surface area contributed by atoms with E-state index >= 15 is 0 Å². The predicted octanol–water partition coefficient (Wildman–Crippen LogP) is 12.6. The monoisotopic (exact) mass is 1070 g/mol. The minimum Gasteiger partial charge on any atom is -0.472 e. The minimum atomic E-state index is -0.477. The van der Waals surface area contributed by atoms with Crippen molar-refractivity contribution in [3.8, 4) is 5.88 Å². The molecule has 75 heavy (non-hydrogen) atoms. The topological polar surface area (TPSA) is 171 Å². The first-order chi connectivity index (χ1) is 34.7. The number of nitrogens with zero attached hydrogens (tertiary/aromatic N) is 3. The molecule has 0 saturated carbocycles. The van der Waals surface area contributed by atoms with Crippen LogP contribution in [-0.2, 0) is 30.8 Å². The van der Waals surface area contributed by atoms with Gasteiger partial charge in [-0.15, -0.1) is 0 Å². The van der Waals surface area contributed by atoms with Crippen molar-refractivity contribution in [3.63, 3.8) is 0 Å². The van der Waals surface area contributed by atoms with Gasteiger partial charge in [0.1, 0.15) is 17.4 Å². The van der Waals surface area contributed by atoms with Crippen LogP contribution in [0.1, 0.15) is 78.6 Å². The SMILES string of the molecule is C.C.C.C.C1CCOC1.CCc1cc(=O)oc2nc(SC)[nH]c(=O)c12.CCc1cc(=O)oc2nc(SC)nc(OCc3ccccc3)c12.OCc1ccccc1.c1ccc(P(c2ccccc2)c2ccccc2)cc1. The van der Waals surface area contributed by atoms with Crippen LogP contribution in [0.25, 0.3) is 22.2 Å². The van der Waals surface area contributed by atoms with Crippen LogP contribution in [0.4, 0.5) is 0 Å². The fourth-order valence-corrected chi connectivity index (χ4v) is 10.1. The molecule has 4 aromatic heterocycles. The number of aromatic nitrogens is 4. The fourth-order valence-electron chi connectivity index (χ4n) is 7.07. The largest absolute Gasteiger partial charge is 0.472 e. The molecule has 0 amide bonds. The summed E-state index contributed by atoms with van der Waals surface area (Å²) in [5, 5.41) is 14.7. The lowest BCUT2D eigenvalue weighted by atomic mass is 10.1. The normalized spacial score (nSPS) is 10.9. The highest BCUT2D eigenvalue weighted by Crippen LogP contribution is 2.32. The first-order valence-electron chi connectivity index (χ1n) is 23.1. The maximum atomic E-state index is 11.8. The summed E-state index contributed by atoms with van der Waals surface area (Å²) in [6.07, 6.45) is 7.47. The van der Waals surface area contributed by atoms with Crippen molar-refractivity contribution in [3.05, 3.63) is 217 Å².